The van der Waals surface area contributed by atoms with E-state index in [1.165, 1.54) is 35.2 Å². The lowest BCUT2D eigenvalue weighted by Gasteiger charge is -2.11. The highest BCUT2D eigenvalue weighted by molar-refractivity contribution is 5.75. The molecule has 0 aliphatic rings. The molecule has 0 spiro atoms. The highest BCUT2D eigenvalue weighted by Gasteiger charge is 2.28. The normalized spacial score (nSPS) is 11.2. The largest absolute Gasteiger partial charge is 0.468 e. The van der Waals surface area contributed by atoms with Gasteiger partial charge in [0.1, 0.15) is 6.54 Å². The zero-order valence-electron chi connectivity index (χ0n) is 16.7. The van der Waals surface area contributed by atoms with Crippen LogP contribution < -0.4 is 21.3 Å². The Labute approximate surface area is 179 Å². The van der Waals surface area contributed by atoms with E-state index in [1.54, 1.807) is 0 Å². The van der Waals surface area contributed by atoms with Gasteiger partial charge in [0, 0.05) is 31.1 Å². The molecule has 0 unspecified atom stereocenters. The summed E-state index contributed by atoms with van der Waals surface area (Å²) in [7, 11) is 0. The number of rotatable bonds is 8. The van der Waals surface area contributed by atoms with Gasteiger partial charge in [-0.25, -0.2) is 9.78 Å². The molecule has 0 aliphatic carbocycles. The number of ether oxygens (including phenoxy) is 1. The zero-order chi connectivity index (χ0) is 23.1. The molecule has 0 aliphatic heterocycles. The van der Waals surface area contributed by atoms with Crippen LogP contribution in [0.3, 0.4) is 0 Å². The molecule has 8 nitrogen and oxygen atoms in total. The number of hydrogen-bond acceptors (Lipinski definition) is 5. The molecule has 0 saturated carbocycles. The minimum Gasteiger partial charge on any atom is -0.468 e. The molecule has 0 saturated heterocycles. The summed E-state index contributed by atoms with van der Waals surface area (Å²) >= 11 is 0. The summed E-state index contributed by atoms with van der Waals surface area (Å²) in [5, 5.41) is 2.54. The van der Waals surface area contributed by atoms with Crippen molar-refractivity contribution in [1.29, 1.82) is 0 Å². The molecule has 2 heterocycles. The van der Waals surface area contributed by atoms with Gasteiger partial charge >= 0.3 is 11.9 Å². The van der Waals surface area contributed by atoms with Gasteiger partial charge in [-0.15, -0.1) is 0 Å². The molecule has 1 amide bonds. The summed E-state index contributed by atoms with van der Waals surface area (Å²) in [5.74, 6) is -0.786. The number of carbonyl (C=O) groups excluding carboxylic acids is 1. The van der Waals surface area contributed by atoms with Crippen molar-refractivity contribution < 1.29 is 22.7 Å². The molecule has 1 N–H and O–H groups in total. The van der Waals surface area contributed by atoms with Crippen molar-refractivity contribution in [3.8, 4) is 5.88 Å². The highest BCUT2D eigenvalue weighted by atomic mass is 19.4. The molecule has 0 radical (unpaired) electrons. The van der Waals surface area contributed by atoms with Crippen LogP contribution in [0.2, 0.25) is 0 Å². The number of nitrogens with zero attached hydrogens (tertiary/aromatic N) is 3. The van der Waals surface area contributed by atoms with Gasteiger partial charge in [-0.1, -0.05) is 36.4 Å². The number of hydrogen-bond donors (Lipinski definition) is 1. The van der Waals surface area contributed by atoms with Crippen LogP contribution in [0, 0.1) is 0 Å². The number of halogens is 3. The molecular formula is C21H19F3N4O4. The number of pyridine rings is 1. The average molecular weight is 448 g/mol. The van der Waals surface area contributed by atoms with Crippen molar-refractivity contribution in [2.45, 2.75) is 25.8 Å². The third-order valence-electron chi connectivity index (χ3n) is 4.31. The van der Waals surface area contributed by atoms with Crippen LogP contribution in [0.1, 0.15) is 11.1 Å². The second-order valence-electron chi connectivity index (χ2n) is 6.82. The monoisotopic (exact) mass is 448 g/mol. The number of nitrogens with one attached hydrogen (secondary N) is 1. The molecule has 0 bridgehead atoms. The molecule has 11 heteroatoms. The first kappa shape index (κ1) is 22.8. The molecular weight excluding hydrogens is 429 g/mol. The van der Waals surface area contributed by atoms with Crippen LogP contribution in [0.5, 0.6) is 5.88 Å². The Morgan fingerprint density at radius 3 is 2.44 bits per heavy atom. The maximum absolute atomic E-state index is 12.6. The summed E-state index contributed by atoms with van der Waals surface area (Å²) in [6.45, 7) is -1.68. The van der Waals surface area contributed by atoms with Gasteiger partial charge in [0.15, 0.2) is 6.61 Å². The predicted octanol–water partition coefficient (Wildman–Crippen LogP) is 1.71. The molecule has 3 rings (SSSR count). The summed E-state index contributed by atoms with van der Waals surface area (Å²) in [4.78, 5) is 40.7. The fourth-order valence-corrected chi connectivity index (χ4v) is 2.76. The first-order valence-corrected chi connectivity index (χ1v) is 9.47. The van der Waals surface area contributed by atoms with Gasteiger partial charge in [-0.2, -0.15) is 13.2 Å². The molecule has 168 valence electrons. The van der Waals surface area contributed by atoms with Crippen LogP contribution >= 0.6 is 0 Å². The maximum atomic E-state index is 12.6. The van der Waals surface area contributed by atoms with Gasteiger partial charge in [0.05, 0.1) is 6.54 Å². The van der Waals surface area contributed by atoms with Crippen LogP contribution in [-0.4, -0.2) is 32.8 Å². The van der Waals surface area contributed by atoms with Crippen LogP contribution in [0.4, 0.5) is 13.2 Å². The lowest BCUT2D eigenvalue weighted by molar-refractivity contribution is -0.154. The minimum absolute atomic E-state index is 0.00513. The van der Waals surface area contributed by atoms with Gasteiger partial charge in [-0.3, -0.25) is 18.7 Å². The second kappa shape index (κ2) is 9.94. The fraction of sp³-hybridized carbons (Fsp3) is 0.238. The zero-order valence-corrected chi connectivity index (χ0v) is 16.7. The standard InChI is InChI=1S/C21H19F3N4O4/c22-21(23,24)14-32-18-7-6-16(11-26-18)10-25-17(29)13-28-19(30)8-9-27(20(28)31)12-15-4-2-1-3-5-15/h1-9,11H,10,12-14H2,(H,25,29). The van der Waals surface area contributed by atoms with Gasteiger partial charge in [-0.05, 0) is 11.1 Å². The van der Waals surface area contributed by atoms with Crippen molar-refractivity contribution >= 4 is 5.91 Å². The molecule has 2 aromatic heterocycles. The van der Waals surface area contributed by atoms with E-state index in [4.69, 9.17) is 0 Å². The Morgan fingerprint density at radius 2 is 1.78 bits per heavy atom. The summed E-state index contributed by atoms with van der Waals surface area (Å²) in [5.41, 5.74) is 0.130. The van der Waals surface area contributed by atoms with E-state index >= 15 is 0 Å². The number of alkyl halides is 3. The Kier molecular flexibility index (Phi) is 7.08. The van der Waals surface area contributed by atoms with E-state index < -0.39 is 36.5 Å². The average Bonchev–Trinajstić information content (AvgIpc) is 2.77. The van der Waals surface area contributed by atoms with E-state index in [2.05, 4.69) is 15.0 Å². The van der Waals surface area contributed by atoms with Crippen LogP contribution in [-0.2, 0) is 24.4 Å². The first-order valence-electron chi connectivity index (χ1n) is 9.47. The summed E-state index contributed by atoms with van der Waals surface area (Å²) < 4.78 is 43.1. The molecule has 0 fully saturated rings. The first-order chi connectivity index (χ1) is 15.2. The maximum Gasteiger partial charge on any atom is 0.422 e. The Morgan fingerprint density at radius 1 is 1.03 bits per heavy atom. The van der Waals surface area contributed by atoms with Crippen molar-refractivity contribution in [2.75, 3.05) is 6.61 Å². The number of benzene rings is 1. The molecule has 1 aromatic carbocycles. The van der Waals surface area contributed by atoms with E-state index in [9.17, 15) is 27.6 Å². The van der Waals surface area contributed by atoms with E-state index in [0.717, 1.165) is 10.1 Å². The predicted molar refractivity (Wildman–Crippen MR) is 108 cm³/mol. The number of aromatic nitrogens is 3. The van der Waals surface area contributed by atoms with Crippen LogP contribution in [0.25, 0.3) is 0 Å². The summed E-state index contributed by atoms with van der Waals surface area (Å²) in [6, 6.07) is 13.1. The molecule has 32 heavy (non-hydrogen) atoms. The topological polar surface area (TPSA) is 95.2 Å². The number of carbonyl (C=O) groups is 1. The fourth-order valence-electron chi connectivity index (χ4n) is 2.76. The van der Waals surface area contributed by atoms with Crippen molar-refractivity contribution in [2.24, 2.45) is 0 Å². The van der Waals surface area contributed by atoms with Gasteiger partial charge < -0.3 is 10.1 Å². The van der Waals surface area contributed by atoms with E-state index in [-0.39, 0.29) is 19.0 Å². The SMILES string of the molecule is O=C(Cn1c(=O)ccn(Cc2ccccc2)c1=O)NCc1ccc(OCC(F)(F)F)nc1. The Hall–Kier alpha value is -3.89. The Balaban J connectivity index is 1.59. The van der Waals surface area contributed by atoms with Crippen molar-refractivity contribution in [3.05, 3.63) is 92.9 Å². The third-order valence-corrected chi connectivity index (χ3v) is 4.31. The van der Waals surface area contributed by atoms with Crippen molar-refractivity contribution in [3.63, 3.8) is 0 Å². The van der Waals surface area contributed by atoms with Gasteiger partial charge in [0.25, 0.3) is 5.56 Å². The lowest BCUT2D eigenvalue weighted by Crippen LogP contribution is -2.43. The number of amides is 1. The molecule has 3 aromatic rings. The smallest absolute Gasteiger partial charge is 0.422 e. The second-order valence-corrected chi connectivity index (χ2v) is 6.82. The Bertz CT molecular complexity index is 1170. The quantitative estimate of drug-likeness (QED) is 0.566. The van der Waals surface area contributed by atoms with Gasteiger partial charge in [0.2, 0.25) is 11.8 Å². The molecule has 0 atom stereocenters. The van der Waals surface area contributed by atoms with Crippen molar-refractivity contribution in [1.82, 2.24) is 19.4 Å². The van der Waals surface area contributed by atoms with Crippen LogP contribution in [0.15, 0.2) is 70.5 Å². The highest BCUT2D eigenvalue weighted by Crippen LogP contribution is 2.17. The van der Waals surface area contributed by atoms with E-state index in [1.807, 2.05) is 30.3 Å². The summed E-state index contributed by atoms with van der Waals surface area (Å²) in [6.07, 6.45) is -1.84. The van der Waals surface area contributed by atoms with E-state index in [0.29, 0.717) is 5.56 Å². The minimum atomic E-state index is -4.47. The lowest BCUT2D eigenvalue weighted by atomic mass is 10.2. The third kappa shape index (κ3) is 6.56.